The molecule has 3 atom stereocenters. The number of thiophene rings is 1. The molecule has 36 heavy (non-hydrogen) atoms. The van der Waals surface area contributed by atoms with E-state index in [1.807, 2.05) is 63.2 Å². The van der Waals surface area contributed by atoms with Crippen molar-refractivity contribution in [1.82, 2.24) is 9.71 Å². The Bertz CT molecular complexity index is 1410. The summed E-state index contributed by atoms with van der Waals surface area (Å²) in [6, 6.07) is 17.6. The summed E-state index contributed by atoms with van der Waals surface area (Å²) in [4.78, 5) is 5.28. The Morgan fingerprint density at radius 2 is 1.75 bits per heavy atom. The summed E-state index contributed by atoms with van der Waals surface area (Å²) >= 11 is 8.03. The van der Waals surface area contributed by atoms with Crippen LogP contribution in [0.4, 0.5) is 13.2 Å². The van der Waals surface area contributed by atoms with Crippen molar-refractivity contribution in [3.8, 4) is 11.3 Å². The highest BCUT2D eigenvalue weighted by Crippen LogP contribution is 2.41. The van der Waals surface area contributed by atoms with E-state index < -0.39 is 33.9 Å². The topological polar surface area (TPSA) is 42.0 Å². The molecule has 0 saturated carbocycles. The Labute approximate surface area is 220 Å². The Morgan fingerprint density at radius 1 is 1.03 bits per heavy atom. The average Bonchev–Trinajstić information content (AvgIpc) is 3.25. The van der Waals surface area contributed by atoms with Crippen LogP contribution in [0.1, 0.15) is 55.7 Å². The molecule has 0 saturated heterocycles. The molecule has 0 aliphatic heterocycles. The maximum absolute atomic E-state index is 13.3. The van der Waals surface area contributed by atoms with E-state index in [0.29, 0.717) is 10.7 Å². The van der Waals surface area contributed by atoms with Crippen molar-refractivity contribution in [2.45, 2.75) is 50.6 Å². The van der Waals surface area contributed by atoms with Gasteiger partial charge in [-0.05, 0) is 68.5 Å². The minimum atomic E-state index is -4.34. The second-order valence-electron chi connectivity index (χ2n) is 9.56. The molecule has 190 valence electrons. The standard InChI is InChI=1S/C27H26ClF3N2OS2/c1-16(27(29,30)31)17-12-13-32-22(14-17)20-10-7-8-18-15-23(35-25(18)20)24(33-36(34)26(2,3)4)19-9-5-6-11-21(19)28/h5-16,24,33H,1-4H3. The van der Waals surface area contributed by atoms with Gasteiger partial charge in [0.25, 0.3) is 0 Å². The van der Waals surface area contributed by atoms with Crippen molar-refractivity contribution in [2.75, 3.05) is 0 Å². The van der Waals surface area contributed by atoms with E-state index in [1.54, 1.807) is 6.07 Å². The highest BCUT2D eigenvalue weighted by Gasteiger charge is 2.37. The van der Waals surface area contributed by atoms with Crippen LogP contribution in [0.25, 0.3) is 21.3 Å². The number of pyridine rings is 1. The van der Waals surface area contributed by atoms with Crippen LogP contribution in [-0.4, -0.2) is 20.1 Å². The number of fused-ring (bicyclic) bond motifs is 1. The predicted octanol–water partition coefficient (Wildman–Crippen LogP) is 8.42. The summed E-state index contributed by atoms with van der Waals surface area (Å²) < 4.78 is 56.7. The van der Waals surface area contributed by atoms with E-state index >= 15 is 0 Å². The first-order valence-corrected chi connectivity index (χ1v) is 13.7. The molecule has 3 nitrogen and oxygen atoms in total. The summed E-state index contributed by atoms with van der Waals surface area (Å²) in [5.41, 5.74) is 2.18. The smallest absolute Gasteiger partial charge is 0.256 e. The summed E-state index contributed by atoms with van der Waals surface area (Å²) in [5, 5.41) is 1.47. The number of hydrogen-bond acceptors (Lipinski definition) is 3. The zero-order valence-electron chi connectivity index (χ0n) is 20.2. The van der Waals surface area contributed by atoms with Gasteiger partial charge >= 0.3 is 6.18 Å². The molecule has 4 aromatic rings. The van der Waals surface area contributed by atoms with E-state index in [2.05, 4.69) is 9.71 Å². The molecule has 0 bridgehead atoms. The van der Waals surface area contributed by atoms with Crippen LogP contribution >= 0.6 is 22.9 Å². The van der Waals surface area contributed by atoms with Crippen molar-refractivity contribution < 1.29 is 17.4 Å². The zero-order valence-corrected chi connectivity index (χ0v) is 22.6. The molecule has 0 radical (unpaired) electrons. The molecule has 9 heteroatoms. The van der Waals surface area contributed by atoms with Crippen LogP contribution in [0.2, 0.25) is 5.02 Å². The number of rotatable bonds is 6. The van der Waals surface area contributed by atoms with E-state index in [4.69, 9.17) is 11.6 Å². The first-order valence-electron chi connectivity index (χ1n) is 11.3. The van der Waals surface area contributed by atoms with Crippen LogP contribution in [-0.2, 0) is 11.0 Å². The molecule has 2 aromatic carbocycles. The van der Waals surface area contributed by atoms with Crippen molar-refractivity contribution in [3.05, 3.63) is 87.9 Å². The maximum atomic E-state index is 13.3. The molecule has 0 amide bonds. The molecule has 3 unspecified atom stereocenters. The van der Waals surface area contributed by atoms with Gasteiger partial charge in [0.05, 0.1) is 33.4 Å². The van der Waals surface area contributed by atoms with E-state index in [-0.39, 0.29) is 5.56 Å². The number of alkyl halides is 3. The molecule has 2 aromatic heterocycles. The minimum Gasteiger partial charge on any atom is -0.256 e. The van der Waals surface area contributed by atoms with Gasteiger partial charge in [0.15, 0.2) is 0 Å². The lowest BCUT2D eigenvalue weighted by molar-refractivity contribution is -0.146. The molecule has 0 fully saturated rings. The third-order valence-corrected chi connectivity index (χ3v) is 9.05. The summed E-state index contributed by atoms with van der Waals surface area (Å²) in [6.45, 7) is 6.83. The van der Waals surface area contributed by atoms with Crippen LogP contribution in [0, 0.1) is 0 Å². The predicted molar refractivity (Wildman–Crippen MR) is 144 cm³/mol. The second kappa shape index (κ2) is 10.2. The van der Waals surface area contributed by atoms with Gasteiger partial charge < -0.3 is 0 Å². The molecule has 1 N–H and O–H groups in total. The normalized spacial score (nSPS) is 15.1. The van der Waals surface area contributed by atoms with Crippen molar-refractivity contribution >= 4 is 44.0 Å². The monoisotopic (exact) mass is 550 g/mol. The molecule has 4 rings (SSSR count). The van der Waals surface area contributed by atoms with Gasteiger partial charge in [0.2, 0.25) is 0 Å². The SMILES string of the molecule is CC(c1ccnc(-c2cccc3cc(C(NS(=O)C(C)(C)C)c4ccccc4Cl)sc23)c1)C(F)(F)F. The lowest BCUT2D eigenvalue weighted by Gasteiger charge is -2.24. The van der Waals surface area contributed by atoms with Gasteiger partial charge in [0, 0.05) is 26.4 Å². The van der Waals surface area contributed by atoms with Crippen molar-refractivity contribution in [2.24, 2.45) is 0 Å². The first kappa shape index (κ1) is 26.8. The van der Waals surface area contributed by atoms with Crippen molar-refractivity contribution in [3.63, 3.8) is 0 Å². The first-order chi connectivity index (χ1) is 16.9. The molecule has 2 heterocycles. The summed E-state index contributed by atoms with van der Waals surface area (Å²) in [5.74, 6) is -1.60. The lowest BCUT2D eigenvalue weighted by Crippen LogP contribution is -2.36. The minimum absolute atomic E-state index is 0.164. The Morgan fingerprint density at radius 3 is 2.42 bits per heavy atom. The van der Waals surface area contributed by atoms with Crippen LogP contribution < -0.4 is 4.72 Å². The Balaban J connectivity index is 1.82. The summed E-state index contributed by atoms with van der Waals surface area (Å²) in [7, 11) is -1.38. The van der Waals surface area contributed by atoms with Gasteiger partial charge in [-0.2, -0.15) is 13.2 Å². The molecule has 0 aliphatic carbocycles. The molecule has 0 spiro atoms. The Hall–Kier alpha value is -2.26. The van der Waals surface area contributed by atoms with Crippen LogP contribution in [0.15, 0.2) is 66.9 Å². The number of nitrogens with zero attached hydrogens (tertiary/aromatic N) is 1. The van der Waals surface area contributed by atoms with Crippen molar-refractivity contribution in [1.29, 1.82) is 0 Å². The largest absolute Gasteiger partial charge is 0.395 e. The summed E-state index contributed by atoms with van der Waals surface area (Å²) in [6.07, 6.45) is -2.92. The van der Waals surface area contributed by atoms with E-state index in [9.17, 15) is 17.4 Å². The number of aromatic nitrogens is 1. The second-order valence-corrected chi connectivity index (χ2v) is 13.1. The molecular weight excluding hydrogens is 525 g/mol. The third kappa shape index (κ3) is 5.67. The zero-order chi connectivity index (χ0) is 26.3. The average molecular weight is 551 g/mol. The van der Waals surface area contributed by atoms with E-state index in [1.165, 1.54) is 29.7 Å². The van der Waals surface area contributed by atoms with Crippen LogP contribution in [0.5, 0.6) is 0 Å². The van der Waals surface area contributed by atoms with Gasteiger partial charge in [0.1, 0.15) is 0 Å². The van der Waals surface area contributed by atoms with E-state index in [0.717, 1.165) is 33.0 Å². The maximum Gasteiger partial charge on any atom is 0.395 e. The fraction of sp³-hybridized carbons (Fsp3) is 0.296. The molecule has 0 aliphatic rings. The Kier molecular flexibility index (Phi) is 7.62. The van der Waals surface area contributed by atoms with Gasteiger partial charge in [-0.3, -0.25) is 4.98 Å². The highest BCUT2D eigenvalue weighted by atomic mass is 35.5. The van der Waals surface area contributed by atoms with Gasteiger partial charge in [-0.25, -0.2) is 8.93 Å². The third-order valence-electron chi connectivity index (χ3n) is 5.90. The van der Waals surface area contributed by atoms with Crippen LogP contribution in [0.3, 0.4) is 0 Å². The number of nitrogens with one attached hydrogen (secondary N) is 1. The quantitative estimate of drug-likeness (QED) is 0.262. The molecular formula is C27H26ClF3N2OS2. The number of halogens is 4. The fourth-order valence-corrected chi connectivity index (χ4v) is 6.14. The number of hydrogen-bond donors (Lipinski definition) is 1. The highest BCUT2D eigenvalue weighted by molar-refractivity contribution is 7.84. The lowest BCUT2D eigenvalue weighted by atomic mass is 9.99. The fourth-order valence-electron chi connectivity index (χ4n) is 3.75. The van der Waals surface area contributed by atoms with Gasteiger partial charge in [-0.1, -0.05) is 48.0 Å². The number of benzene rings is 2. The van der Waals surface area contributed by atoms with Gasteiger partial charge in [-0.15, -0.1) is 11.3 Å².